The second-order valence-electron chi connectivity index (χ2n) is 12.1. The maximum absolute atomic E-state index is 12.5. The number of aliphatic hydroxyl groups is 2. The van der Waals surface area contributed by atoms with Crippen molar-refractivity contribution in [2.45, 2.75) is 56.5 Å². The monoisotopic (exact) mass is 641 g/mol. The molecule has 2 fully saturated rings. The maximum Gasteiger partial charge on any atom is 0.319 e. The number of amides is 2. The smallest absolute Gasteiger partial charge is 0.319 e. The summed E-state index contributed by atoms with van der Waals surface area (Å²) in [5.74, 6) is 0. The van der Waals surface area contributed by atoms with Crippen LogP contribution in [0.1, 0.15) is 59.5 Å². The summed E-state index contributed by atoms with van der Waals surface area (Å²) in [6.07, 6.45) is 1.02. The highest BCUT2D eigenvalue weighted by molar-refractivity contribution is 6.30. The van der Waals surface area contributed by atoms with Gasteiger partial charge in [0, 0.05) is 48.9 Å². The molecule has 46 heavy (non-hydrogen) atoms. The van der Waals surface area contributed by atoms with Crippen molar-refractivity contribution in [3.8, 4) is 0 Å². The molecule has 6 rings (SSSR count). The fourth-order valence-corrected chi connectivity index (χ4v) is 6.28. The molecule has 0 bridgehead atoms. The highest BCUT2D eigenvalue weighted by Crippen LogP contribution is 2.39. The van der Waals surface area contributed by atoms with Crippen molar-refractivity contribution in [1.82, 2.24) is 10.2 Å². The first-order valence-electron chi connectivity index (χ1n) is 15.8. The zero-order valence-electron chi connectivity index (χ0n) is 25.6. The number of aliphatic hydroxyl groups excluding tert-OH is 1. The van der Waals surface area contributed by atoms with E-state index in [2.05, 4.69) is 15.5 Å². The van der Waals surface area contributed by atoms with Gasteiger partial charge in [0.15, 0.2) is 6.29 Å². The molecule has 4 aromatic rings. The van der Waals surface area contributed by atoms with E-state index in [9.17, 15) is 15.0 Å². The SMILES string of the molecule is O=C(NCc1ccccc1)Nc1ccc(C2OC(CN3CCC(O)(c4ccc(Cl)cc4)CC3)CC(c3ccc(CO)cc3)O2)cc1. The lowest BCUT2D eigenvalue weighted by molar-refractivity contribution is -0.253. The fourth-order valence-electron chi connectivity index (χ4n) is 6.15. The van der Waals surface area contributed by atoms with E-state index < -0.39 is 11.9 Å². The summed E-state index contributed by atoms with van der Waals surface area (Å²) in [7, 11) is 0. The number of hydrogen-bond donors (Lipinski definition) is 4. The summed E-state index contributed by atoms with van der Waals surface area (Å²) >= 11 is 6.07. The van der Waals surface area contributed by atoms with E-state index in [0.29, 0.717) is 43.1 Å². The van der Waals surface area contributed by atoms with E-state index in [1.807, 2.05) is 103 Å². The van der Waals surface area contributed by atoms with Gasteiger partial charge in [0.2, 0.25) is 0 Å². The van der Waals surface area contributed by atoms with Gasteiger partial charge >= 0.3 is 6.03 Å². The first-order chi connectivity index (χ1) is 22.4. The number of piperidine rings is 1. The molecule has 9 heteroatoms. The number of carbonyl (C=O) groups is 1. The topological polar surface area (TPSA) is 103 Å². The number of anilines is 1. The molecule has 4 N–H and O–H groups in total. The summed E-state index contributed by atoms with van der Waals surface area (Å²) in [5.41, 5.74) is 4.45. The van der Waals surface area contributed by atoms with Crippen molar-refractivity contribution in [1.29, 1.82) is 0 Å². The van der Waals surface area contributed by atoms with Crippen LogP contribution in [0, 0.1) is 0 Å². The van der Waals surface area contributed by atoms with Crippen LogP contribution in [0.3, 0.4) is 0 Å². The molecular formula is C37H40ClN3O5. The third kappa shape index (κ3) is 8.14. The average molecular weight is 642 g/mol. The first kappa shape index (κ1) is 32.2. The Hall–Kier alpha value is -3.76. The Morgan fingerprint density at radius 3 is 2.20 bits per heavy atom. The molecular weight excluding hydrogens is 602 g/mol. The van der Waals surface area contributed by atoms with Gasteiger partial charge in [0.25, 0.3) is 0 Å². The van der Waals surface area contributed by atoms with Gasteiger partial charge in [-0.05, 0) is 59.4 Å². The van der Waals surface area contributed by atoms with Gasteiger partial charge in [-0.2, -0.15) is 0 Å². The largest absolute Gasteiger partial charge is 0.392 e. The predicted octanol–water partition coefficient (Wildman–Crippen LogP) is 6.68. The Balaban J connectivity index is 1.10. The van der Waals surface area contributed by atoms with E-state index in [4.69, 9.17) is 21.1 Å². The number of nitrogens with zero attached hydrogens (tertiary/aromatic N) is 1. The van der Waals surface area contributed by atoms with E-state index in [1.54, 1.807) is 0 Å². The van der Waals surface area contributed by atoms with Crippen LogP contribution in [0.25, 0.3) is 0 Å². The van der Waals surface area contributed by atoms with Crippen LogP contribution in [-0.4, -0.2) is 46.9 Å². The summed E-state index contributed by atoms with van der Waals surface area (Å²) < 4.78 is 13.1. The van der Waals surface area contributed by atoms with Crippen LogP contribution >= 0.6 is 11.6 Å². The third-order valence-electron chi connectivity index (χ3n) is 8.88. The van der Waals surface area contributed by atoms with E-state index in [1.165, 1.54) is 0 Å². The van der Waals surface area contributed by atoms with Crippen LogP contribution in [0.15, 0.2) is 103 Å². The van der Waals surface area contributed by atoms with Gasteiger partial charge in [0.05, 0.1) is 24.4 Å². The molecule has 2 heterocycles. The molecule has 0 spiro atoms. The first-order valence-corrected chi connectivity index (χ1v) is 16.1. The fraction of sp³-hybridized carbons (Fsp3) is 0.324. The number of likely N-dealkylation sites (tertiary alicyclic amines) is 1. The molecule has 2 saturated heterocycles. The lowest BCUT2D eigenvalue weighted by Crippen LogP contribution is -2.46. The second kappa shape index (κ2) is 14.8. The van der Waals surface area contributed by atoms with Crippen LogP contribution in [0.2, 0.25) is 5.02 Å². The minimum Gasteiger partial charge on any atom is -0.392 e. The highest BCUT2D eigenvalue weighted by Gasteiger charge is 2.37. The molecule has 3 atom stereocenters. The van der Waals surface area contributed by atoms with Crippen molar-refractivity contribution >= 4 is 23.3 Å². The molecule has 2 amide bonds. The minimum atomic E-state index is -0.870. The standard InChI is InChI=1S/C37H40ClN3O5/c38-31-14-12-30(13-15-31)37(44)18-20-41(21-19-37)24-33-22-34(28-8-6-27(25-42)7-9-28)46-35(45-33)29-10-16-32(17-11-29)40-36(43)39-23-26-4-2-1-3-5-26/h1-17,33-35,42,44H,18-25H2,(H2,39,40,43). The maximum atomic E-state index is 12.5. The van der Waals surface area contributed by atoms with Crippen LogP contribution in [-0.2, 0) is 28.2 Å². The lowest BCUT2D eigenvalue weighted by Gasteiger charge is -2.42. The molecule has 0 aromatic heterocycles. The van der Waals surface area contributed by atoms with E-state index >= 15 is 0 Å². The summed E-state index contributed by atoms with van der Waals surface area (Å²) in [4.78, 5) is 14.8. The molecule has 0 aliphatic carbocycles. The van der Waals surface area contributed by atoms with E-state index in [0.717, 1.165) is 40.9 Å². The Kier molecular flexibility index (Phi) is 10.3. The third-order valence-corrected chi connectivity index (χ3v) is 9.13. The number of hydrogen-bond acceptors (Lipinski definition) is 6. The molecule has 0 saturated carbocycles. The molecule has 4 aromatic carbocycles. The Morgan fingerprint density at radius 2 is 1.52 bits per heavy atom. The minimum absolute atomic E-state index is 0.0117. The number of carbonyl (C=O) groups excluding carboxylic acids is 1. The van der Waals surface area contributed by atoms with E-state index in [-0.39, 0.29) is 24.8 Å². The van der Waals surface area contributed by atoms with Crippen molar-refractivity contribution in [2.75, 3.05) is 25.0 Å². The zero-order chi connectivity index (χ0) is 31.9. The highest BCUT2D eigenvalue weighted by atomic mass is 35.5. The molecule has 0 radical (unpaired) electrons. The van der Waals surface area contributed by atoms with Gasteiger partial charge in [0.1, 0.15) is 0 Å². The number of urea groups is 1. The number of benzene rings is 4. The van der Waals surface area contributed by atoms with Crippen molar-refractivity contribution in [2.24, 2.45) is 0 Å². The van der Waals surface area contributed by atoms with Gasteiger partial charge in [-0.3, -0.25) is 0 Å². The Bertz CT molecular complexity index is 1560. The Morgan fingerprint density at radius 1 is 0.848 bits per heavy atom. The van der Waals surface area contributed by atoms with Crippen molar-refractivity contribution < 1.29 is 24.5 Å². The summed E-state index contributed by atoms with van der Waals surface area (Å²) in [6.45, 7) is 2.62. The van der Waals surface area contributed by atoms with Crippen LogP contribution in [0.5, 0.6) is 0 Å². The van der Waals surface area contributed by atoms with Gasteiger partial charge in [-0.25, -0.2) is 4.79 Å². The average Bonchev–Trinajstić information content (AvgIpc) is 3.09. The quantitative estimate of drug-likeness (QED) is 0.163. The number of nitrogens with one attached hydrogen (secondary N) is 2. The number of ether oxygens (including phenoxy) is 2. The van der Waals surface area contributed by atoms with Crippen molar-refractivity contribution in [3.63, 3.8) is 0 Å². The van der Waals surface area contributed by atoms with Crippen LogP contribution < -0.4 is 10.6 Å². The molecule has 240 valence electrons. The number of halogens is 1. The lowest BCUT2D eigenvalue weighted by atomic mass is 9.84. The normalized spacial score (nSPS) is 21.4. The second-order valence-corrected chi connectivity index (χ2v) is 12.5. The molecule has 3 unspecified atom stereocenters. The zero-order valence-corrected chi connectivity index (χ0v) is 26.4. The Labute approximate surface area is 274 Å². The number of rotatable bonds is 9. The van der Waals surface area contributed by atoms with Crippen molar-refractivity contribution in [3.05, 3.63) is 136 Å². The summed E-state index contributed by atoms with van der Waals surface area (Å²) in [6, 6.07) is 32.3. The van der Waals surface area contributed by atoms with Gasteiger partial charge in [-0.1, -0.05) is 90.5 Å². The molecule has 2 aliphatic rings. The van der Waals surface area contributed by atoms with Crippen LogP contribution in [0.4, 0.5) is 10.5 Å². The molecule has 8 nitrogen and oxygen atoms in total. The molecule has 2 aliphatic heterocycles. The van der Waals surface area contributed by atoms with Gasteiger partial charge in [-0.15, -0.1) is 0 Å². The van der Waals surface area contributed by atoms with Gasteiger partial charge < -0.3 is 35.2 Å². The summed E-state index contributed by atoms with van der Waals surface area (Å²) in [5, 5.41) is 27.3. The predicted molar refractivity (Wildman–Crippen MR) is 178 cm³/mol.